The van der Waals surface area contributed by atoms with Gasteiger partial charge < -0.3 is 15.4 Å². The molecular formula is C17H21N3O2. The van der Waals surface area contributed by atoms with E-state index in [4.69, 9.17) is 4.74 Å². The van der Waals surface area contributed by atoms with Crippen LogP contribution in [0.15, 0.2) is 36.5 Å². The summed E-state index contributed by atoms with van der Waals surface area (Å²) in [6.45, 7) is 2.13. The Morgan fingerprint density at radius 1 is 1.36 bits per heavy atom. The van der Waals surface area contributed by atoms with Crippen LogP contribution in [0.5, 0.6) is 0 Å². The zero-order valence-electron chi connectivity index (χ0n) is 12.8. The van der Waals surface area contributed by atoms with Gasteiger partial charge in [0.05, 0.1) is 29.4 Å². The molecule has 2 aromatic rings. The molecule has 0 aliphatic carbocycles. The third-order valence-corrected chi connectivity index (χ3v) is 4.31. The number of piperidine rings is 1. The minimum atomic E-state index is -0.453. The van der Waals surface area contributed by atoms with Gasteiger partial charge in [-0.15, -0.1) is 0 Å². The first-order valence-electron chi connectivity index (χ1n) is 7.59. The number of carbonyl (C=O) groups excluding carboxylic acids is 1. The number of aromatic nitrogens is 1. The first-order valence-corrected chi connectivity index (χ1v) is 7.59. The van der Waals surface area contributed by atoms with Crippen LogP contribution in [0.2, 0.25) is 0 Å². The van der Waals surface area contributed by atoms with Crippen LogP contribution in [0.3, 0.4) is 0 Å². The molecule has 0 spiro atoms. The second-order valence-electron chi connectivity index (χ2n) is 5.83. The van der Waals surface area contributed by atoms with Gasteiger partial charge in [0.1, 0.15) is 0 Å². The first-order chi connectivity index (χ1) is 10.7. The Bertz CT molecular complexity index is 660. The van der Waals surface area contributed by atoms with Gasteiger partial charge in [-0.25, -0.2) is 0 Å². The SMILES string of the molecule is COCC1(C(=O)Nc2cnc3ccccc3c2)CCNCC1. The molecule has 1 saturated heterocycles. The largest absolute Gasteiger partial charge is 0.384 e. The van der Waals surface area contributed by atoms with E-state index in [2.05, 4.69) is 15.6 Å². The number of para-hydroxylation sites is 1. The van der Waals surface area contributed by atoms with Gasteiger partial charge in [0, 0.05) is 12.5 Å². The highest BCUT2D eigenvalue weighted by Crippen LogP contribution is 2.31. The van der Waals surface area contributed by atoms with Crippen molar-refractivity contribution >= 4 is 22.5 Å². The van der Waals surface area contributed by atoms with Crippen molar-refractivity contribution in [2.75, 3.05) is 32.1 Å². The van der Waals surface area contributed by atoms with Crippen molar-refractivity contribution in [3.8, 4) is 0 Å². The number of anilines is 1. The number of pyridine rings is 1. The van der Waals surface area contributed by atoms with Gasteiger partial charge in [0.15, 0.2) is 0 Å². The van der Waals surface area contributed by atoms with E-state index < -0.39 is 5.41 Å². The van der Waals surface area contributed by atoms with Gasteiger partial charge in [-0.1, -0.05) is 18.2 Å². The number of hydrogen-bond acceptors (Lipinski definition) is 4. The van der Waals surface area contributed by atoms with Crippen molar-refractivity contribution in [3.05, 3.63) is 36.5 Å². The molecule has 1 amide bonds. The number of hydrogen-bond donors (Lipinski definition) is 2. The van der Waals surface area contributed by atoms with E-state index >= 15 is 0 Å². The Morgan fingerprint density at radius 3 is 2.91 bits per heavy atom. The van der Waals surface area contributed by atoms with Gasteiger partial charge in [0.25, 0.3) is 0 Å². The fourth-order valence-electron chi connectivity index (χ4n) is 3.02. The lowest BCUT2D eigenvalue weighted by Crippen LogP contribution is -2.47. The molecule has 1 fully saturated rings. The highest BCUT2D eigenvalue weighted by atomic mass is 16.5. The Hall–Kier alpha value is -1.98. The fourth-order valence-corrected chi connectivity index (χ4v) is 3.02. The lowest BCUT2D eigenvalue weighted by Gasteiger charge is -2.35. The van der Waals surface area contributed by atoms with Gasteiger partial charge in [0.2, 0.25) is 5.91 Å². The molecule has 0 radical (unpaired) electrons. The van der Waals surface area contributed by atoms with Crippen LogP contribution in [0, 0.1) is 5.41 Å². The van der Waals surface area contributed by atoms with E-state index in [1.54, 1.807) is 13.3 Å². The topological polar surface area (TPSA) is 63.2 Å². The predicted molar refractivity (Wildman–Crippen MR) is 86.8 cm³/mol. The third-order valence-electron chi connectivity index (χ3n) is 4.31. The van der Waals surface area contributed by atoms with Crippen LogP contribution in [0.4, 0.5) is 5.69 Å². The number of benzene rings is 1. The average molecular weight is 299 g/mol. The van der Waals surface area contributed by atoms with Gasteiger partial charge >= 0.3 is 0 Å². The van der Waals surface area contributed by atoms with Crippen molar-refractivity contribution in [2.24, 2.45) is 5.41 Å². The Balaban J connectivity index is 1.81. The molecular weight excluding hydrogens is 278 g/mol. The van der Waals surface area contributed by atoms with Gasteiger partial charge in [-0.3, -0.25) is 9.78 Å². The third kappa shape index (κ3) is 2.96. The smallest absolute Gasteiger partial charge is 0.233 e. The van der Waals surface area contributed by atoms with Crippen LogP contribution in [0.25, 0.3) is 10.9 Å². The second-order valence-corrected chi connectivity index (χ2v) is 5.83. The van der Waals surface area contributed by atoms with Crippen molar-refractivity contribution < 1.29 is 9.53 Å². The molecule has 116 valence electrons. The molecule has 5 heteroatoms. The Kier molecular flexibility index (Phi) is 4.36. The molecule has 3 rings (SSSR count). The fraction of sp³-hybridized carbons (Fsp3) is 0.412. The number of amides is 1. The van der Waals surface area contributed by atoms with Crippen molar-refractivity contribution in [3.63, 3.8) is 0 Å². The summed E-state index contributed by atoms with van der Waals surface area (Å²) >= 11 is 0. The number of methoxy groups -OCH3 is 1. The molecule has 1 aliphatic heterocycles. The maximum atomic E-state index is 12.8. The minimum Gasteiger partial charge on any atom is -0.384 e. The standard InChI is InChI=1S/C17H21N3O2/c1-22-12-17(6-8-18-9-7-17)16(21)20-14-10-13-4-2-3-5-15(13)19-11-14/h2-5,10-11,18H,6-9,12H2,1H3,(H,20,21). The summed E-state index contributed by atoms with van der Waals surface area (Å²) in [7, 11) is 1.65. The lowest BCUT2D eigenvalue weighted by molar-refractivity contribution is -0.130. The molecule has 1 aliphatic rings. The predicted octanol–water partition coefficient (Wildman–Crippen LogP) is 2.19. The highest BCUT2D eigenvalue weighted by Gasteiger charge is 2.39. The second kappa shape index (κ2) is 6.42. The average Bonchev–Trinajstić information content (AvgIpc) is 2.56. The highest BCUT2D eigenvalue weighted by molar-refractivity contribution is 5.97. The summed E-state index contributed by atoms with van der Waals surface area (Å²) in [4.78, 5) is 17.2. The molecule has 0 unspecified atom stereocenters. The summed E-state index contributed by atoms with van der Waals surface area (Å²) in [5.41, 5.74) is 1.21. The summed E-state index contributed by atoms with van der Waals surface area (Å²) < 4.78 is 5.31. The van der Waals surface area contributed by atoms with Crippen molar-refractivity contribution in [1.82, 2.24) is 10.3 Å². The van der Waals surface area contributed by atoms with Crippen LogP contribution in [0.1, 0.15) is 12.8 Å². The molecule has 2 heterocycles. The molecule has 22 heavy (non-hydrogen) atoms. The molecule has 1 aromatic carbocycles. The minimum absolute atomic E-state index is 0.0212. The van der Waals surface area contributed by atoms with Crippen molar-refractivity contribution in [1.29, 1.82) is 0 Å². The Morgan fingerprint density at radius 2 is 2.14 bits per heavy atom. The first kappa shape index (κ1) is 14.9. The summed E-state index contributed by atoms with van der Waals surface area (Å²) in [5, 5.41) is 7.33. The number of nitrogens with one attached hydrogen (secondary N) is 2. The van der Waals surface area contributed by atoms with Crippen LogP contribution in [-0.4, -0.2) is 37.7 Å². The number of ether oxygens (including phenoxy) is 1. The van der Waals surface area contributed by atoms with E-state index in [0.717, 1.165) is 42.5 Å². The van der Waals surface area contributed by atoms with E-state index in [1.807, 2.05) is 30.3 Å². The number of nitrogens with zero attached hydrogens (tertiary/aromatic N) is 1. The van der Waals surface area contributed by atoms with E-state index in [9.17, 15) is 4.79 Å². The molecule has 1 aromatic heterocycles. The van der Waals surface area contributed by atoms with Crippen LogP contribution in [-0.2, 0) is 9.53 Å². The normalized spacial score (nSPS) is 17.3. The molecule has 0 atom stereocenters. The molecule has 0 saturated carbocycles. The van der Waals surface area contributed by atoms with E-state index in [-0.39, 0.29) is 5.91 Å². The lowest BCUT2D eigenvalue weighted by atomic mass is 9.78. The van der Waals surface area contributed by atoms with Crippen LogP contribution < -0.4 is 10.6 Å². The molecule has 0 bridgehead atoms. The number of fused-ring (bicyclic) bond motifs is 1. The van der Waals surface area contributed by atoms with Gasteiger partial charge in [-0.2, -0.15) is 0 Å². The number of carbonyl (C=O) groups is 1. The zero-order chi connectivity index (χ0) is 15.4. The monoisotopic (exact) mass is 299 g/mol. The molecule has 5 nitrogen and oxygen atoms in total. The maximum absolute atomic E-state index is 12.8. The Labute approximate surface area is 130 Å². The quantitative estimate of drug-likeness (QED) is 0.908. The maximum Gasteiger partial charge on any atom is 0.233 e. The van der Waals surface area contributed by atoms with Crippen molar-refractivity contribution in [2.45, 2.75) is 12.8 Å². The number of rotatable bonds is 4. The van der Waals surface area contributed by atoms with E-state index in [0.29, 0.717) is 6.61 Å². The summed E-state index contributed by atoms with van der Waals surface area (Å²) in [5.74, 6) is 0.0212. The summed E-state index contributed by atoms with van der Waals surface area (Å²) in [6.07, 6.45) is 3.28. The zero-order valence-corrected chi connectivity index (χ0v) is 12.8. The van der Waals surface area contributed by atoms with Gasteiger partial charge in [-0.05, 0) is 38.1 Å². The van der Waals surface area contributed by atoms with Crippen LogP contribution >= 0.6 is 0 Å². The summed E-state index contributed by atoms with van der Waals surface area (Å²) in [6, 6.07) is 9.83. The van der Waals surface area contributed by atoms with E-state index in [1.165, 1.54) is 0 Å². The molecule has 2 N–H and O–H groups in total.